The number of likely N-dealkylation sites (N-methyl/N-ethyl adjacent to an activating group) is 1. The smallest absolute Gasteiger partial charge is 0.328 e. The lowest BCUT2D eigenvalue weighted by atomic mass is 9.97. The summed E-state index contributed by atoms with van der Waals surface area (Å²) in [6.07, 6.45) is 1.12. The number of hydrogen-bond donors (Lipinski definition) is 2. The molecule has 0 spiro atoms. The number of carbonyl (C=O) groups excluding carboxylic acids is 1. The van der Waals surface area contributed by atoms with Crippen LogP contribution in [0.3, 0.4) is 0 Å². The largest absolute Gasteiger partial charge is 0.492 e. The highest BCUT2D eigenvalue weighted by Crippen LogP contribution is 2.44. The summed E-state index contributed by atoms with van der Waals surface area (Å²) in [4.78, 5) is 34.0. The number of carboxylic acids is 2. The van der Waals surface area contributed by atoms with Crippen LogP contribution in [0, 0.1) is 0 Å². The Labute approximate surface area is 185 Å². The van der Waals surface area contributed by atoms with E-state index < -0.39 is 11.9 Å². The van der Waals surface area contributed by atoms with Crippen molar-refractivity contribution in [2.24, 2.45) is 0 Å². The van der Waals surface area contributed by atoms with E-state index in [9.17, 15) is 14.4 Å². The Balaban J connectivity index is 0.000000312. The Morgan fingerprint density at radius 3 is 2.03 bits per heavy atom. The zero-order valence-electron chi connectivity index (χ0n) is 17.7. The minimum Gasteiger partial charge on any atom is -0.492 e. The van der Waals surface area contributed by atoms with Gasteiger partial charge >= 0.3 is 11.9 Å². The van der Waals surface area contributed by atoms with Crippen LogP contribution in [-0.2, 0) is 9.59 Å². The van der Waals surface area contributed by atoms with Crippen molar-refractivity contribution in [2.45, 2.75) is 0 Å². The molecule has 0 aliphatic heterocycles. The molecule has 0 unspecified atom stereocenters. The monoisotopic (exact) mass is 433 g/mol. The van der Waals surface area contributed by atoms with Crippen molar-refractivity contribution in [2.75, 3.05) is 27.2 Å². The maximum Gasteiger partial charge on any atom is 0.328 e. The first kappa shape index (κ1) is 22.7. The third kappa shape index (κ3) is 5.01. The highest BCUT2D eigenvalue weighted by molar-refractivity contribution is 6.26. The molecular formula is C25H23NO6. The van der Waals surface area contributed by atoms with E-state index in [0.29, 0.717) is 18.8 Å². The average Bonchev–Trinajstić information content (AvgIpc) is 3.05. The number of fused-ring (bicyclic) bond motifs is 5. The molecule has 0 amide bonds. The average molecular weight is 433 g/mol. The van der Waals surface area contributed by atoms with Gasteiger partial charge in [0.2, 0.25) is 0 Å². The molecule has 2 N–H and O–H groups in total. The minimum atomic E-state index is -1.26. The number of ketones is 1. The zero-order chi connectivity index (χ0) is 23.3. The van der Waals surface area contributed by atoms with Gasteiger partial charge in [-0.1, -0.05) is 48.5 Å². The highest BCUT2D eigenvalue weighted by Gasteiger charge is 2.29. The first-order valence-corrected chi connectivity index (χ1v) is 9.91. The molecule has 0 bridgehead atoms. The fourth-order valence-electron chi connectivity index (χ4n) is 3.46. The molecule has 3 aromatic rings. The molecule has 1 aliphatic carbocycles. The first-order valence-electron chi connectivity index (χ1n) is 9.91. The lowest BCUT2D eigenvalue weighted by Crippen LogP contribution is -2.19. The molecule has 0 radical (unpaired) electrons. The summed E-state index contributed by atoms with van der Waals surface area (Å²) in [6.45, 7) is 1.43. The Kier molecular flexibility index (Phi) is 7.02. The standard InChI is InChI=1S/C21H19NO2.C4H4O4/c1-22(2)11-12-24-19-13-18-20(15-8-4-3-7-14(15)19)16-9-5-6-10-17(16)21(18)23;5-3(6)1-2-4(7)8/h3-10,13H,11-12H2,1-2H3;1-2H,(H,5,6)(H,7,8)/b;2-1-. The van der Waals surface area contributed by atoms with Gasteiger partial charge in [0.05, 0.1) is 0 Å². The number of aliphatic carboxylic acids is 2. The van der Waals surface area contributed by atoms with Crippen LogP contribution in [0.4, 0.5) is 0 Å². The van der Waals surface area contributed by atoms with Crippen LogP contribution >= 0.6 is 0 Å². The summed E-state index contributed by atoms with van der Waals surface area (Å²) < 4.78 is 6.01. The van der Waals surface area contributed by atoms with Crippen molar-refractivity contribution in [3.8, 4) is 16.9 Å². The number of carboxylic acid groups (broad SMARTS) is 2. The molecule has 3 aromatic carbocycles. The Hall–Kier alpha value is -3.97. The van der Waals surface area contributed by atoms with Crippen LogP contribution < -0.4 is 4.74 Å². The number of ether oxygens (including phenoxy) is 1. The van der Waals surface area contributed by atoms with Gasteiger partial charge < -0.3 is 19.8 Å². The molecule has 32 heavy (non-hydrogen) atoms. The third-order valence-corrected chi connectivity index (χ3v) is 4.86. The minimum absolute atomic E-state index is 0.0869. The summed E-state index contributed by atoms with van der Waals surface area (Å²) in [5.74, 6) is -1.64. The molecule has 0 fully saturated rings. The summed E-state index contributed by atoms with van der Waals surface area (Å²) in [5.41, 5.74) is 3.58. The normalized spacial score (nSPS) is 11.8. The molecule has 0 atom stereocenters. The summed E-state index contributed by atoms with van der Waals surface area (Å²) >= 11 is 0. The van der Waals surface area contributed by atoms with Crippen LogP contribution in [0.1, 0.15) is 15.9 Å². The lowest BCUT2D eigenvalue weighted by molar-refractivity contribution is -0.134. The predicted molar refractivity (Wildman–Crippen MR) is 121 cm³/mol. The second kappa shape index (κ2) is 9.89. The number of hydrogen-bond acceptors (Lipinski definition) is 5. The van der Waals surface area contributed by atoms with Crippen molar-refractivity contribution in [1.82, 2.24) is 4.90 Å². The van der Waals surface area contributed by atoms with Gasteiger partial charge in [0.15, 0.2) is 5.78 Å². The van der Waals surface area contributed by atoms with Gasteiger partial charge in [-0.3, -0.25) is 4.79 Å². The summed E-state index contributed by atoms with van der Waals surface area (Å²) in [5, 5.41) is 17.8. The Bertz CT molecular complexity index is 1200. The van der Waals surface area contributed by atoms with Crippen molar-refractivity contribution >= 4 is 28.5 Å². The molecule has 0 heterocycles. The fourth-order valence-corrected chi connectivity index (χ4v) is 3.46. The molecular weight excluding hydrogens is 410 g/mol. The predicted octanol–water partition coefficient (Wildman–Crippen LogP) is 3.70. The van der Waals surface area contributed by atoms with Crippen molar-refractivity contribution in [3.63, 3.8) is 0 Å². The lowest BCUT2D eigenvalue weighted by Gasteiger charge is -2.15. The van der Waals surface area contributed by atoms with E-state index in [1.807, 2.05) is 56.6 Å². The van der Waals surface area contributed by atoms with Gasteiger partial charge in [-0.15, -0.1) is 0 Å². The summed E-state index contributed by atoms with van der Waals surface area (Å²) in [6, 6.07) is 17.9. The van der Waals surface area contributed by atoms with Crippen LogP contribution in [0.2, 0.25) is 0 Å². The van der Waals surface area contributed by atoms with E-state index in [-0.39, 0.29) is 5.78 Å². The quantitative estimate of drug-likeness (QED) is 0.447. The molecule has 0 aromatic heterocycles. The third-order valence-electron chi connectivity index (χ3n) is 4.86. The molecule has 1 aliphatic rings. The number of carbonyl (C=O) groups is 3. The topological polar surface area (TPSA) is 104 Å². The van der Waals surface area contributed by atoms with E-state index in [4.69, 9.17) is 14.9 Å². The van der Waals surface area contributed by atoms with Crippen LogP contribution in [0.15, 0.2) is 66.7 Å². The Morgan fingerprint density at radius 2 is 1.44 bits per heavy atom. The fraction of sp³-hybridized carbons (Fsp3) is 0.160. The van der Waals surface area contributed by atoms with E-state index in [0.717, 1.165) is 45.3 Å². The van der Waals surface area contributed by atoms with Gasteiger partial charge in [0, 0.05) is 40.8 Å². The van der Waals surface area contributed by atoms with Gasteiger partial charge in [-0.05, 0) is 31.1 Å². The molecule has 164 valence electrons. The maximum atomic E-state index is 12.8. The zero-order valence-corrected chi connectivity index (χ0v) is 17.7. The van der Waals surface area contributed by atoms with E-state index >= 15 is 0 Å². The number of rotatable bonds is 6. The van der Waals surface area contributed by atoms with Crippen molar-refractivity contribution in [1.29, 1.82) is 0 Å². The molecule has 0 saturated heterocycles. The van der Waals surface area contributed by atoms with E-state index in [1.165, 1.54) is 0 Å². The van der Waals surface area contributed by atoms with Gasteiger partial charge in [-0.2, -0.15) is 0 Å². The second-order valence-electron chi connectivity index (χ2n) is 7.38. The van der Waals surface area contributed by atoms with Crippen molar-refractivity contribution < 1.29 is 29.3 Å². The van der Waals surface area contributed by atoms with Gasteiger partial charge in [-0.25, -0.2) is 9.59 Å². The van der Waals surface area contributed by atoms with Crippen molar-refractivity contribution in [3.05, 3.63) is 77.9 Å². The maximum absolute atomic E-state index is 12.8. The van der Waals surface area contributed by atoms with Gasteiger partial charge in [0.25, 0.3) is 0 Å². The number of nitrogens with zero attached hydrogens (tertiary/aromatic N) is 1. The van der Waals surface area contributed by atoms with E-state index in [2.05, 4.69) is 17.0 Å². The van der Waals surface area contributed by atoms with E-state index in [1.54, 1.807) is 0 Å². The molecule has 4 rings (SSSR count). The first-order chi connectivity index (χ1) is 15.3. The molecule has 7 nitrogen and oxygen atoms in total. The van der Waals surface area contributed by atoms with Crippen LogP contribution in [0.5, 0.6) is 5.75 Å². The molecule has 7 heteroatoms. The second-order valence-corrected chi connectivity index (χ2v) is 7.38. The summed E-state index contributed by atoms with van der Waals surface area (Å²) in [7, 11) is 4.04. The highest BCUT2D eigenvalue weighted by atomic mass is 16.5. The van der Waals surface area contributed by atoms with Gasteiger partial charge in [0.1, 0.15) is 12.4 Å². The van der Waals surface area contributed by atoms with Crippen LogP contribution in [-0.4, -0.2) is 60.1 Å². The number of benzene rings is 3. The molecule has 0 saturated carbocycles. The SMILES string of the molecule is CN(C)CCOc1cc2c(c3ccccc13)-c1ccccc1C2=O.O=C(O)/C=C\C(=O)O. The van der Waals surface area contributed by atoms with Crippen LogP contribution in [0.25, 0.3) is 21.9 Å². The Morgan fingerprint density at radius 1 is 0.875 bits per heavy atom.